The Morgan fingerprint density at radius 2 is 1.41 bits per heavy atom. The van der Waals surface area contributed by atoms with E-state index in [4.69, 9.17) is 18.9 Å². The van der Waals surface area contributed by atoms with Gasteiger partial charge in [0.15, 0.2) is 5.79 Å². The molecule has 0 spiro atoms. The second-order valence-electron chi connectivity index (χ2n) is 10.2. The first-order chi connectivity index (χ1) is 17.8. The smallest absolute Gasteiger partial charge is 0.164 e. The van der Waals surface area contributed by atoms with E-state index in [1.165, 1.54) is 0 Å². The first-order valence-corrected chi connectivity index (χ1v) is 12.5. The number of hydrogen-bond donors (Lipinski definition) is 0. The van der Waals surface area contributed by atoms with Gasteiger partial charge in [-0.3, -0.25) is 0 Å². The third-order valence-corrected chi connectivity index (χ3v) is 7.29. The van der Waals surface area contributed by atoms with Crippen molar-refractivity contribution in [1.82, 2.24) is 0 Å². The first kappa shape index (κ1) is 25.3. The van der Waals surface area contributed by atoms with E-state index < -0.39 is 41.2 Å². The van der Waals surface area contributed by atoms with E-state index in [1.807, 2.05) is 75.4 Å². The number of carbonyl (C=O) groups excluding carboxylic acids is 1. The van der Waals surface area contributed by atoms with Gasteiger partial charge in [-0.05, 0) is 37.5 Å². The highest BCUT2D eigenvalue weighted by atomic mass is 16.8. The molecule has 6 nitrogen and oxygen atoms in total. The van der Waals surface area contributed by atoms with Crippen LogP contribution in [0, 0.1) is 17.2 Å². The normalized spacial score (nSPS) is 27.2. The van der Waals surface area contributed by atoms with Crippen molar-refractivity contribution in [2.24, 2.45) is 5.92 Å². The summed E-state index contributed by atoms with van der Waals surface area (Å²) in [6.07, 6.45) is -1.26. The van der Waals surface area contributed by atoms with Crippen LogP contribution >= 0.6 is 0 Å². The molecular formula is C31H31NO5. The van der Waals surface area contributed by atoms with Crippen LogP contribution in [0.3, 0.4) is 0 Å². The summed E-state index contributed by atoms with van der Waals surface area (Å²) in [4.78, 5) is 11.8. The summed E-state index contributed by atoms with van der Waals surface area (Å²) in [5.74, 6) is -1.88. The summed E-state index contributed by atoms with van der Waals surface area (Å²) in [5.41, 5.74) is 0.994. The van der Waals surface area contributed by atoms with Crippen LogP contribution in [-0.2, 0) is 29.3 Å². The average molecular weight is 498 g/mol. The molecule has 0 bridgehead atoms. The molecule has 0 saturated carbocycles. The van der Waals surface area contributed by atoms with Gasteiger partial charge in [-0.15, -0.1) is 0 Å². The number of carbonyl (C=O) groups is 1. The minimum Gasteiger partial charge on any atom is -0.365 e. The molecule has 5 rings (SSSR count). The molecule has 2 aliphatic heterocycles. The fraction of sp³-hybridized carbons (Fsp3) is 0.355. The summed E-state index contributed by atoms with van der Waals surface area (Å²) in [6, 6.07) is 32.3. The molecule has 0 N–H and O–H groups in total. The van der Waals surface area contributed by atoms with Gasteiger partial charge in [0.25, 0.3) is 0 Å². The maximum absolute atomic E-state index is 11.8. The van der Waals surface area contributed by atoms with Gasteiger partial charge in [0, 0.05) is 0 Å². The zero-order chi connectivity index (χ0) is 26.1. The molecule has 2 aliphatic rings. The van der Waals surface area contributed by atoms with Crippen molar-refractivity contribution in [2.75, 3.05) is 6.61 Å². The minimum absolute atomic E-state index is 0.145. The number of nitriles is 1. The van der Waals surface area contributed by atoms with Crippen molar-refractivity contribution in [3.05, 3.63) is 108 Å². The third kappa shape index (κ3) is 4.39. The van der Waals surface area contributed by atoms with Gasteiger partial charge in [0.1, 0.15) is 41.7 Å². The summed E-state index contributed by atoms with van der Waals surface area (Å²) < 4.78 is 25.8. The van der Waals surface area contributed by atoms with Gasteiger partial charge in [-0.2, -0.15) is 5.26 Å². The molecule has 37 heavy (non-hydrogen) atoms. The molecule has 0 aromatic heterocycles. The summed E-state index contributed by atoms with van der Waals surface area (Å²) in [5, 5.41) is 9.65. The number of rotatable bonds is 8. The topological polar surface area (TPSA) is 77.8 Å². The van der Waals surface area contributed by atoms with E-state index >= 15 is 0 Å². The highest BCUT2D eigenvalue weighted by Crippen LogP contribution is 2.49. The molecule has 2 fully saturated rings. The van der Waals surface area contributed by atoms with Crippen LogP contribution in [0.15, 0.2) is 91.0 Å². The van der Waals surface area contributed by atoms with Gasteiger partial charge in [-0.1, -0.05) is 91.0 Å². The SMILES string of the molecule is CC1(C)O[C@@H]2[C@@H](COC(c3ccccc3)(c3ccccc3)c3ccccc3)OC(C(C#N)C=O)[C@]2(C)O1. The first-order valence-electron chi connectivity index (χ1n) is 12.5. The van der Waals surface area contributed by atoms with Crippen LogP contribution in [0.2, 0.25) is 0 Å². The number of nitrogens with zero attached hydrogens (tertiary/aromatic N) is 1. The largest absolute Gasteiger partial charge is 0.365 e. The molecule has 190 valence electrons. The Morgan fingerprint density at radius 1 is 0.919 bits per heavy atom. The molecule has 0 radical (unpaired) electrons. The van der Waals surface area contributed by atoms with E-state index in [0.717, 1.165) is 16.7 Å². The number of aldehydes is 1. The lowest BCUT2D eigenvalue weighted by Crippen LogP contribution is -2.47. The maximum atomic E-state index is 11.8. The molecular weight excluding hydrogens is 466 g/mol. The monoisotopic (exact) mass is 497 g/mol. The van der Waals surface area contributed by atoms with E-state index in [0.29, 0.717) is 6.29 Å². The molecule has 2 saturated heterocycles. The fourth-order valence-electron chi connectivity index (χ4n) is 5.81. The van der Waals surface area contributed by atoms with Crippen molar-refractivity contribution < 1.29 is 23.7 Å². The lowest BCUT2D eigenvalue weighted by molar-refractivity contribution is -0.212. The molecule has 0 aliphatic carbocycles. The molecule has 2 unspecified atom stereocenters. The van der Waals surface area contributed by atoms with Gasteiger partial charge in [0.05, 0.1) is 12.7 Å². The van der Waals surface area contributed by atoms with E-state index in [2.05, 4.69) is 42.5 Å². The maximum Gasteiger partial charge on any atom is 0.164 e. The Labute approximate surface area is 217 Å². The number of fused-ring (bicyclic) bond motifs is 1. The van der Waals surface area contributed by atoms with E-state index in [1.54, 1.807) is 0 Å². The predicted octanol–water partition coefficient (Wildman–Crippen LogP) is 5.01. The Balaban J connectivity index is 1.57. The number of benzene rings is 3. The van der Waals surface area contributed by atoms with Crippen LogP contribution < -0.4 is 0 Å². The van der Waals surface area contributed by atoms with E-state index in [-0.39, 0.29) is 6.61 Å². The Bertz CT molecular complexity index is 1160. The number of hydrogen-bond acceptors (Lipinski definition) is 6. The lowest BCUT2D eigenvalue weighted by Gasteiger charge is -2.37. The quantitative estimate of drug-likeness (QED) is 0.322. The van der Waals surface area contributed by atoms with Crippen molar-refractivity contribution in [2.45, 2.75) is 56.1 Å². The van der Waals surface area contributed by atoms with Crippen molar-refractivity contribution in [3.63, 3.8) is 0 Å². The summed E-state index contributed by atoms with van der Waals surface area (Å²) in [7, 11) is 0. The second-order valence-corrected chi connectivity index (χ2v) is 10.2. The predicted molar refractivity (Wildman–Crippen MR) is 137 cm³/mol. The molecule has 6 heteroatoms. The Morgan fingerprint density at radius 3 is 1.84 bits per heavy atom. The van der Waals surface area contributed by atoms with Crippen molar-refractivity contribution >= 4 is 6.29 Å². The highest BCUT2D eigenvalue weighted by Gasteiger charge is 2.65. The minimum atomic E-state index is -0.989. The molecule has 3 aromatic rings. The van der Waals surface area contributed by atoms with Gasteiger partial charge < -0.3 is 23.7 Å². The second kappa shape index (κ2) is 9.85. The van der Waals surface area contributed by atoms with Crippen LogP contribution in [0.5, 0.6) is 0 Å². The van der Waals surface area contributed by atoms with Crippen molar-refractivity contribution in [3.8, 4) is 6.07 Å². The van der Waals surface area contributed by atoms with Crippen LogP contribution in [0.4, 0.5) is 0 Å². The molecule has 5 atom stereocenters. The van der Waals surface area contributed by atoms with Gasteiger partial charge in [0.2, 0.25) is 0 Å². The van der Waals surface area contributed by atoms with Crippen LogP contribution in [0.25, 0.3) is 0 Å². The van der Waals surface area contributed by atoms with Gasteiger partial charge >= 0.3 is 0 Å². The highest BCUT2D eigenvalue weighted by molar-refractivity contribution is 5.59. The number of ether oxygens (including phenoxy) is 4. The van der Waals surface area contributed by atoms with Gasteiger partial charge in [-0.25, -0.2) is 0 Å². The van der Waals surface area contributed by atoms with E-state index in [9.17, 15) is 10.1 Å². The average Bonchev–Trinajstić information content (AvgIpc) is 3.32. The molecule has 2 heterocycles. The summed E-state index contributed by atoms with van der Waals surface area (Å²) >= 11 is 0. The van der Waals surface area contributed by atoms with Crippen LogP contribution in [0.1, 0.15) is 37.5 Å². The standard InChI is InChI=1S/C31H31NO5/c1-29(2)36-28-26(35-27(22(19-32)20-33)30(28,3)37-29)21-34-31(23-13-7-4-8-14-23,24-15-9-5-10-16-24)25-17-11-6-12-18-25/h4-18,20,22,26-28H,21H2,1-3H3/t22?,26-,27?,28-,30+/m1/s1. The Hall–Kier alpha value is -3.34. The Kier molecular flexibility index (Phi) is 6.74. The third-order valence-electron chi connectivity index (χ3n) is 7.29. The fourth-order valence-corrected chi connectivity index (χ4v) is 5.81. The van der Waals surface area contributed by atoms with Crippen molar-refractivity contribution in [1.29, 1.82) is 5.26 Å². The molecule has 3 aromatic carbocycles. The zero-order valence-electron chi connectivity index (χ0n) is 21.2. The molecule has 0 amide bonds. The summed E-state index contributed by atoms with van der Waals surface area (Å²) in [6.45, 7) is 5.65. The van der Waals surface area contributed by atoms with Crippen LogP contribution in [-0.4, -0.2) is 42.6 Å². The lowest BCUT2D eigenvalue weighted by atomic mass is 9.80. The zero-order valence-corrected chi connectivity index (χ0v) is 21.2.